The van der Waals surface area contributed by atoms with Crippen LogP contribution in [0.25, 0.3) is 22.2 Å². The van der Waals surface area contributed by atoms with Gasteiger partial charge in [-0.1, -0.05) is 18.1 Å². The van der Waals surface area contributed by atoms with Crippen LogP contribution in [0.4, 0.5) is 0 Å². The Morgan fingerprint density at radius 3 is 2.76 bits per heavy atom. The first kappa shape index (κ1) is 24.2. The third kappa shape index (κ3) is 5.21. The molecule has 0 saturated carbocycles. The Morgan fingerprint density at radius 1 is 1.14 bits per heavy atom. The smallest absolute Gasteiger partial charge is 0.326 e. The third-order valence-corrected chi connectivity index (χ3v) is 6.36. The summed E-state index contributed by atoms with van der Waals surface area (Å²) in [6.07, 6.45) is 5.50. The summed E-state index contributed by atoms with van der Waals surface area (Å²) in [5.41, 5.74) is 7.05. The summed E-state index contributed by atoms with van der Waals surface area (Å²) in [4.78, 5) is 34.6. The minimum Gasteiger partial charge on any atom is -0.480 e. The maximum absolute atomic E-state index is 12.8. The van der Waals surface area contributed by atoms with E-state index in [2.05, 4.69) is 22.3 Å². The molecule has 1 unspecified atom stereocenters. The number of fused-ring (bicyclic) bond motifs is 1. The minimum atomic E-state index is -0.994. The van der Waals surface area contributed by atoms with Crippen LogP contribution < -0.4 is 11.3 Å². The van der Waals surface area contributed by atoms with E-state index in [0.29, 0.717) is 25.3 Å². The van der Waals surface area contributed by atoms with E-state index in [-0.39, 0.29) is 5.76 Å². The number of carbonyl (C=O) groups excluding carboxylic acids is 1. The molecule has 1 aliphatic rings. The van der Waals surface area contributed by atoms with Gasteiger partial charge in [-0.3, -0.25) is 21.0 Å². The molecule has 0 radical (unpaired) electrons. The zero-order valence-electron chi connectivity index (χ0n) is 20.0. The van der Waals surface area contributed by atoms with E-state index in [0.717, 1.165) is 46.1 Å². The maximum Gasteiger partial charge on any atom is 0.326 e. The van der Waals surface area contributed by atoms with Gasteiger partial charge >= 0.3 is 5.97 Å². The highest BCUT2D eigenvalue weighted by molar-refractivity contribution is 5.94. The number of nitrogens with zero attached hydrogens (tertiary/aromatic N) is 3. The fourth-order valence-corrected chi connectivity index (χ4v) is 4.49. The van der Waals surface area contributed by atoms with Crippen molar-refractivity contribution in [1.82, 2.24) is 20.3 Å². The van der Waals surface area contributed by atoms with Crippen LogP contribution in [0.5, 0.6) is 0 Å². The molecular formula is C28H25N5O4. The van der Waals surface area contributed by atoms with Crippen LogP contribution in [-0.2, 0) is 11.3 Å². The molecule has 1 aliphatic heterocycles. The van der Waals surface area contributed by atoms with Gasteiger partial charge in [-0.05, 0) is 67.1 Å². The summed E-state index contributed by atoms with van der Waals surface area (Å²) >= 11 is 0. The highest BCUT2D eigenvalue weighted by Gasteiger charge is 2.33. The summed E-state index contributed by atoms with van der Waals surface area (Å²) in [6.45, 7) is 0.890. The van der Waals surface area contributed by atoms with E-state index in [1.165, 1.54) is 11.0 Å². The summed E-state index contributed by atoms with van der Waals surface area (Å²) in [5.74, 6) is 10.5. The number of pyridine rings is 2. The van der Waals surface area contributed by atoms with Crippen molar-refractivity contribution in [2.45, 2.75) is 31.8 Å². The largest absolute Gasteiger partial charge is 0.480 e. The number of piperidine rings is 1. The zero-order chi connectivity index (χ0) is 25.8. The molecule has 1 atom stereocenters. The number of nitrogens with one attached hydrogen (secondary N) is 1. The molecule has 0 spiro atoms. The standard InChI is InChI=1S/C28H25N5O4/c29-31-16-20-15-24(32-23-12-13-30-17-22(20)23)19-7-4-18(5-8-19)6-9-21-10-11-26(37-21)27(34)33-14-2-1-3-25(33)28(35)36/h4-5,7-8,10-13,15,17,25,31H,1-3,14,16,29H2,(H,35,36). The van der Waals surface area contributed by atoms with Crippen molar-refractivity contribution in [3.8, 4) is 23.1 Å². The van der Waals surface area contributed by atoms with Gasteiger partial charge in [0.05, 0.1) is 11.2 Å². The third-order valence-electron chi connectivity index (χ3n) is 6.36. The number of nitrogens with two attached hydrogens (primary N) is 1. The number of carboxylic acids is 1. The topological polar surface area (TPSA) is 135 Å². The van der Waals surface area contributed by atoms with Crippen LogP contribution in [0.15, 0.2) is 65.3 Å². The van der Waals surface area contributed by atoms with Crippen LogP contribution in [0, 0.1) is 11.8 Å². The number of benzene rings is 1. The number of hydrogen-bond donors (Lipinski definition) is 3. The lowest BCUT2D eigenvalue weighted by molar-refractivity contribution is -0.143. The minimum absolute atomic E-state index is 0.0909. The van der Waals surface area contributed by atoms with Crippen molar-refractivity contribution in [3.63, 3.8) is 0 Å². The number of rotatable bonds is 5. The number of aliphatic carboxylic acids is 1. The lowest BCUT2D eigenvalue weighted by Crippen LogP contribution is -2.47. The van der Waals surface area contributed by atoms with E-state index in [1.807, 2.05) is 36.4 Å². The number of carbonyl (C=O) groups is 2. The first-order valence-corrected chi connectivity index (χ1v) is 12.0. The second-order valence-electron chi connectivity index (χ2n) is 8.78. The van der Waals surface area contributed by atoms with Crippen LogP contribution in [-0.4, -0.2) is 44.4 Å². The Labute approximate surface area is 213 Å². The molecule has 9 heteroatoms. The number of hydrazine groups is 1. The SMILES string of the molecule is NNCc1cc(-c2ccc(C#Cc3ccc(C(=O)N4CCCCC4C(=O)O)o3)cc2)nc2ccncc12. The maximum atomic E-state index is 12.8. The van der Waals surface area contributed by atoms with Gasteiger partial charge in [0.1, 0.15) is 6.04 Å². The fraction of sp³-hybridized carbons (Fsp3) is 0.214. The Morgan fingerprint density at radius 2 is 1.97 bits per heavy atom. The fourth-order valence-electron chi connectivity index (χ4n) is 4.49. The van der Waals surface area contributed by atoms with Gasteiger partial charge in [0.25, 0.3) is 5.91 Å². The van der Waals surface area contributed by atoms with Crippen LogP contribution in [0.1, 0.15) is 46.7 Å². The molecule has 1 amide bonds. The van der Waals surface area contributed by atoms with Gasteiger partial charge < -0.3 is 14.4 Å². The second-order valence-corrected chi connectivity index (χ2v) is 8.78. The summed E-state index contributed by atoms with van der Waals surface area (Å²) in [6, 6.07) is 13.9. The lowest BCUT2D eigenvalue weighted by Gasteiger charge is -2.32. The normalized spacial score (nSPS) is 15.3. The van der Waals surface area contributed by atoms with E-state index in [1.54, 1.807) is 18.5 Å². The first-order chi connectivity index (χ1) is 18.0. The number of carboxylic acid groups (broad SMARTS) is 1. The number of likely N-dealkylation sites (tertiary alicyclic amines) is 1. The number of hydrogen-bond acceptors (Lipinski definition) is 7. The van der Waals surface area contributed by atoms with Crippen LogP contribution in [0.3, 0.4) is 0 Å². The van der Waals surface area contributed by atoms with E-state index in [4.69, 9.17) is 15.2 Å². The van der Waals surface area contributed by atoms with Crippen molar-refractivity contribution >= 4 is 22.8 Å². The monoisotopic (exact) mass is 495 g/mol. The number of furan rings is 1. The molecule has 1 aromatic carbocycles. The molecule has 5 rings (SSSR count). The Bertz CT molecular complexity index is 1520. The zero-order valence-corrected chi connectivity index (χ0v) is 20.0. The molecular weight excluding hydrogens is 470 g/mol. The average molecular weight is 496 g/mol. The van der Waals surface area contributed by atoms with Crippen molar-refractivity contribution in [1.29, 1.82) is 0 Å². The highest BCUT2D eigenvalue weighted by atomic mass is 16.4. The number of aromatic nitrogens is 2. The molecule has 4 aromatic rings. The highest BCUT2D eigenvalue weighted by Crippen LogP contribution is 2.25. The van der Waals surface area contributed by atoms with Gasteiger partial charge in [-0.25, -0.2) is 9.78 Å². The van der Waals surface area contributed by atoms with Gasteiger partial charge in [0.15, 0.2) is 11.5 Å². The predicted octanol–water partition coefficient (Wildman–Crippen LogP) is 3.33. The van der Waals surface area contributed by atoms with Gasteiger partial charge in [-0.15, -0.1) is 0 Å². The van der Waals surface area contributed by atoms with Crippen molar-refractivity contribution in [2.75, 3.05) is 6.54 Å². The van der Waals surface area contributed by atoms with Gasteiger partial charge in [0.2, 0.25) is 0 Å². The van der Waals surface area contributed by atoms with Crippen molar-refractivity contribution < 1.29 is 19.1 Å². The molecule has 4 N–H and O–H groups in total. The van der Waals surface area contributed by atoms with E-state index in [9.17, 15) is 14.7 Å². The molecule has 1 fully saturated rings. The van der Waals surface area contributed by atoms with Gasteiger partial charge in [0, 0.05) is 42.0 Å². The Kier molecular flexibility index (Phi) is 6.94. The number of amides is 1. The second kappa shape index (κ2) is 10.6. The van der Waals surface area contributed by atoms with Gasteiger partial charge in [-0.2, -0.15) is 0 Å². The molecule has 9 nitrogen and oxygen atoms in total. The summed E-state index contributed by atoms with van der Waals surface area (Å²) < 4.78 is 5.63. The van der Waals surface area contributed by atoms with Crippen LogP contribution in [0.2, 0.25) is 0 Å². The molecule has 1 saturated heterocycles. The van der Waals surface area contributed by atoms with Crippen molar-refractivity contribution in [3.05, 3.63) is 83.6 Å². The quantitative estimate of drug-likeness (QED) is 0.218. The Hall–Kier alpha value is -4.52. The molecule has 37 heavy (non-hydrogen) atoms. The van der Waals surface area contributed by atoms with Crippen molar-refractivity contribution in [2.24, 2.45) is 5.84 Å². The van der Waals surface area contributed by atoms with E-state index < -0.39 is 17.9 Å². The molecule has 0 aliphatic carbocycles. The Balaban J connectivity index is 1.33. The predicted molar refractivity (Wildman–Crippen MR) is 137 cm³/mol. The molecule has 186 valence electrons. The lowest BCUT2D eigenvalue weighted by atomic mass is 10.0. The molecule has 3 aromatic heterocycles. The van der Waals surface area contributed by atoms with Crippen LogP contribution >= 0.6 is 0 Å². The van der Waals surface area contributed by atoms with E-state index >= 15 is 0 Å². The first-order valence-electron chi connectivity index (χ1n) is 12.0. The summed E-state index contributed by atoms with van der Waals surface area (Å²) in [7, 11) is 0. The molecule has 0 bridgehead atoms. The molecule has 4 heterocycles. The average Bonchev–Trinajstić information content (AvgIpc) is 3.41. The summed E-state index contributed by atoms with van der Waals surface area (Å²) in [5, 5.41) is 10.4.